The molecule has 1 aromatic carbocycles. The third-order valence-corrected chi connectivity index (χ3v) is 3.65. The molecule has 0 saturated heterocycles. The summed E-state index contributed by atoms with van der Waals surface area (Å²) in [4.78, 5) is 11.9. The summed E-state index contributed by atoms with van der Waals surface area (Å²) >= 11 is 11.7. The second kappa shape index (κ2) is 7.11. The van der Waals surface area contributed by atoms with Gasteiger partial charge in [0.2, 0.25) is 5.91 Å². The Labute approximate surface area is 123 Å². The summed E-state index contributed by atoms with van der Waals surface area (Å²) in [6.45, 7) is 5.67. The molecule has 1 N–H and O–H groups in total. The first kappa shape index (κ1) is 16.3. The van der Waals surface area contributed by atoms with Crippen LogP contribution in [0.15, 0.2) is 12.1 Å². The van der Waals surface area contributed by atoms with Crippen LogP contribution in [0.25, 0.3) is 0 Å². The van der Waals surface area contributed by atoms with Gasteiger partial charge in [0.15, 0.2) is 0 Å². The lowest BCUT2D eigenvalue weighted by Gasteiger charge is -2.19. The molecule has 1 rings (SSSR count). The number of nitrogens with one attached hydrogen (secondary N) is 1. The third kappa shape index (κ3) is 4.36. The Bertz CT molecular complexity index is 465. The van der Waals surface area contributed by atoms with Crippen molar-refractivity contribution in [1.29, 1.82) is 0 Å². The first-order valence-electron chi connectivity index (χ1n) is 6.31. The molecule has 0 radical (unpaired) electrons. The van der Waals surface area contributed by atoms with Gasteiger partial charge in [0.05, 0.1) is 11.1 Å². The molecule has 19 heavy (non-hydrogen) atoms. The number of halogens is 3. The maximum absolute atomic E-state index is 13.4. The van der Waals surface area contributed by atoms with Crippen molar-refractivity contribution in [3.63, 3.8) is 0 Å². The van der Waals surface area contributed by atoms with E-state index in [1.54, 1.807) is 6.92 Å². The largest absolute Gasteiger partial charge is 0.349 e. The van der Waals surface area contributed by atoms with Gasteiger partial charge in [-0.05, 0) is 31.0 Å². The highest BCUT2D eigenvalue weighted by atomic mass is 35.5. The van der Waals surface area contributed by atoms with E-state index >= 15 is 0 Å². The molecule has 2 unspecified atom stereocenters. The fourth-order valence-corrected chi connectivity index (χ4v) is 2.41. The van der Waals surface area contributed by atoms with Crippen LogP contribution in [-0.4, -0.2) is 5.91 Å². The Hall–Kier alpha value is -0.800. The van der Waals surface area contributed by atoms with E-state index in [4.69, 9.17) is 23.2 Å². The Morgan fingerprint density at radius 3 is 2.53 bits per heavy atom. The van der Waals surface area contributed by atoms with E-state index in [0.717, 1.165) is 12.8 Å². The minimum atomic E-state index is -0.538. The van der Waals surface area contributed by atoms with Crippen LogP contribution in [-0.2, 0) is 4.79 Å². The van der Waals surface area contributed by atoms with Gasteiger partial charge in [-0.15, -0.1) is 0 Å². The van der Waals surface area contributed by atoms with E-state index in [9.17, 15) is 9.18 Å². The minimum Gasteiger partial charge on any atom is -0.349 e. The molecule has 0 aliphatic carbocycles. The Balaban J connectivity index is 2.81. The molecule has 0 fully saturated rings. The van der Waals surface area contributed by atoms with Gasteiger partial charge >= 0.3 is 0 Å². The predicted octanol–water partition coefficient (Wildman–Crippen LogP) is 4.75. The van der Waals surface area contributed by atoms with Crippen LogP contribution in [0.5, 0.6) is 0 Å². The van der Waals surface area contributed by atoms with Gasteiger partial charge in [0, 0.05) is 10.9 Å². The number of hydrogen-bond acceptors (Lipinski definition) is 1. The molecule has 0 saturated carbocycles. The van der Waals surface area contributed by atoms with Crippen molar-refractivity contribution >= 4 is 29.1 Å². The topological polar surface area (TPSA) is 29.1 Å². The van der Waals surface area contributed by atoms with Crippen molar-refractivity contribution in [2.24, 2.45) is 5.92 Å². The highest BCUT2D eigenvalue weighted by Gasteiger charge is 2.18. The minimum absolute atomic E-state index is 0.0216. The average molecular weight is 306 g/mol. The maximum Gasteiger partial charge on any atom is 0.223 e. The second-order valence-electron chi connectivity index (χ2n) is 4.71. The van der Waals surface area contributed by atoms with Crippen molar-refractivity contribution in [3.05, 3.63) is 33.6 Å². The lowest BCUT2D eigenvalue weighted by atomic mass is 10.0. The lowest BCUT2D eigenvalue weighted by Crippen LogP contribution is -2.31. The van der Waals surface area contributed by atoms with E-state index in [2.05, 4.69) is 5.32 Å². The first-order valence-corrected chi connectivity index (χ1v) is 7.07. The van der Waals surface area contributed by atoms with Crippen molar-refractivity contribution in [1.82, 2.24) is 5.32 Å². The number of hydrogen-bond donors (Lipinski definition) is 1. The molecular formula is C14H18Cl2FNO. The Morgan fingerprint density at radius 2 is 1.95 bits per heavy atom. The van der Waals surface area contributed by atoms with Gasteiger partial charge < -0.3 is 5.32 Å². The van der Waals surface area contributed by atoms with Gasteiger partial charge in [-0.3, -0.25) is 4.79 Å². The van der Waals surface area contributed by atoms with Crippen LogP contribution in [0, 0.1) is 11.7 Å². The van der Waals surface area contributed by atoms with E-state index < -0.39 is 5.82 Å². The van der Waals surface area contributed by atoms with Crippen molar-refractivity contribution < 1.29 is 9.18 Å². The van der Waals surface area contributed by atoms with Crippen LogP contribution < -0.4 is 5.32 Å². The van der Waals surface area contributed by atoms with Crippen molar-refractivity contribution in [2.75, 3.05) is 0 Å². The molecule has 0 aliphatic rings. The van der Waals surface area contributed by atoms with E-state index in [1.165, 1.54) is 12.1 Å². The highest BCUT2D eigenvalue weighted by molar-refractivity contribution is 6.35. The summed E-state index contributed by atoms with van der Waals surface area (Å²) in [6, 6.07) is 2.26. The van der Waals surface area contributed by atoms with E-state index in [1.807, 2.05) is 13.8 Å². The van der Waals surface area contributed by atoms with Crippen LogP contribution in [0.1, 0.15) is 45.2 Å². The van der Waals surface area contributed by atoms with Gasteiger partial charge in [-0.2, -0.15) is 0 Å². The van der Waals surface area contributed by atoms with Crippen molar-refractivity contribution in [2.45, 2.75) is 39.7 Å². The zero-order valence-corrected chi connectivity index (χ0v) is 12.8. The monoisotopic (exact) mass is 305 g/mol. The summed E-state index contributed by atoms with van der Waals surface area (Å²) in [5, 5.41) is 3.16. The SMILES string of the molecule is CCCC(C)C(=O)NC(C)c1cc(F)c(Cl)cc1Cl. The lowest BCUT2D eigenvalue weighted by molar-refractivity contribution is -0.125. The van der Waals surface area contributed by atoms with E-state index in [-0.39, 0.29) is 22.9 Å². The molecule has 0 heterocycles. The molecule has 1 aromatic rings. The fourth-order valence-electron chi connectivity index (χ4n) is 1.87. The quantitative estimate of drug-likeness (QED) is 0.782. The molecule has 0 aromatic heterocycles. The zero-order valence-electron chi connectivity index (χ0n) is 11.3. The Morgan fingerprint density at radius 1 is 1.32 bits per heavy atom. The maximum atomic E-state index is 13.4. The molecule has 2 atom stereocenters. The molecule has 5 heteroatoms. The Kier molecular flexibility index (Phi) is 6.08. The molecule has 106 valence electrons. The van der Waals surface area contributed by atoms with Crippen LogP contribution >= 0.6 is 23.2 Å². The number of benzene rings is 1. The second-order valence-corrected chi connectivity index (χ2v) is 5.52. The fraction of sp³-hybridized carbons (Fsp3) is 0.500. The number of amides is 1. The molecule has 0 spiro atoms. The predicted molar refractivity (Wildman–Crippen MR) is 77.0 cm³/mol. The zero-order chi connectivity index (χ0) is 14.6. The summed E-state index contributed by atoms with van der Waals surface area (Å²) in [5.41, 5.74) is 0.528. The van der Waals surface area contributed by atoms with Crippen LogP contribution in [0.4, 0.5) is 4.39 Å². The number of carbonyl (C=O) groups excluding carboxylic acids is 1. The van der Waals surface area contributed by atoms with Gasteiger partial charge in [-0.25, -0.2) is 4.39 Å². The molecule has 0 bridgehead atoms. The highest BCUT2D eigenvalue weighted by Crippen LogP contribution is 2.28. The van der Waals surface area contributed by atoms with Gasteiger partial charge in [-0.1, -0.05) is 43.5 Å². The summed E-state index contributed by atoms with van der Waals surface area (Å²) in [6.07, 6.45) is 1.76. The number of carbonyl (C=O) groups is 1. The summed E-state index contributed by atoms with van der Waals surface area (Å²) in [7, 11) is 0. The normalized spacial score (nSPS) is 14.0. The average Bonchev–Trinajstić information content (AvgIpc) is 2.33. The third-order valence-electron chi connectivity index (χ3n) is 3.03. The summed E-state index contributed by atoms with van der Waals surface area (Å²) in [5.74, 6) is -0.659. The van der Waals surface area contributed by atoms with Gasteiger partial charge in [0.25, 0.3) is 0 Å². The summed E-state index contributed by atoms with van der Waals surface area (Å²) < 4.78 is 13.4. The molecule has 0 aliphatic heterocycles. The standard InChI is InChI=1S/C14H18Cl2FNO/c1-4-5-8(2)14(19)18-9(3)10-6-13(17)12(16)7-11(10)15/h6-9H,4-5H2,1-3H3,(H,18,19). The smallest absolute Gasteiger partial charge is 0.223 e. The first-order chi connectivity index (χ1) is 8.86. The molecule has 2 nitrogen and oxygen atoms in total. The van der Waals surface area contributed by atoms with Gasteiger partial charge in [0.1, 0.15) is 5.82 Å². The molecule has 1 amide bonds. The number of rotatable bonds is 5. The van der Waals surface area contributed by atoms with Crippen LogP contribution in [0.2, 0.25) is 10.0 Å². The molecular weight excluding hydrogens is 288 g/mol. The van der Waals surface area contributed by atoms with Crippen LogP contribution in [0.3, 0.4) is 0 Å². The van der Waals surface area contributed by atoms with E-state index in [0.29, 0.717) is 10.6 Å². The van der Waals surface area contributed by atoms with Crippen molar-refractivity contribution in [3.8, 4) is 0 Å².